The van der Waals surface area contributed by atoms with Gasteiger partial charge >= 0.3 is 0 Å². The number of nitrogens with zero attached hydrogens (tertiary/aromatic N) is 1. The van der Waals surface area contributed by atoms with Crippen molar-refractivity contribution in [1.29, 1.82) is 5.26 Å². The highest BCUT2D eigenvalue weighted by molar-refractivity contribution is 5.86. The van der Waals surface area contributed by atoms with E-state index in [0.29, 0.717) is 12.8 Å². The predicted molar refractivity (Wildman–Crippen MR) is 88.4 cm³/mol. The van der Waals surface area contributed by atoms with Gasteiger partial charge in [0.05, 0.1) is 12.2 Å². The molecule has 1 aliphatic carbocycles. The Morgan fingerprint density at radius 1 is 1.22 bits per heavy atom. The molecule has 0 unspecified atom stereocenters. The van der Waals surface area contributed by atoms with Crippen LogP contribution < -0.4 is 5.32 Å². The minimum absolute atomic E-state index is 0.126. The molecule has 0 spiro atoms. The van der Waals surface area contributed by atoms with Crippen LogP contribution in [0.1, 0.15) is 37.4 Å². The lowest BCUT2D eigenvalue weighted by Crippen LogP contribution is -2.40. The first kappa shape index (κ1) is 15.5. The largest absolute Gasteiger partial charge is 0.387 e. The van der Waals surface area contributed by atoms with Crippen molar-refractivity contribution < 1.29 is 9.90 Å². The molecule has 4 nitrogen and oxygen atoms in total. The molecule has 1 amide bonds. The number of hydrogen-bond acceptors (Lipinski definition) is 3. The Hall–Kier alpha value is -2.38. The number of carbonyl (C=O) groups is 1. The molecular weight excluding hydrogens is 288 g/mol. The van der Waals surface area contributed by atoms with Crippen molar-refractivity contribution in [3.63, 3.8) is 0 Å². The van der Waals surface area contributed by atoms with Crippen molar-refractivity contribution in [3.05, 3.63) is 48.0 Å². The molecular formula is C19H20N2O2. The highest BCUT2D eigenvalue weighted by Crippen LogP contribution is 2.37. The molecule has 1 fully saturated rings. The maximum Gasteiger partial charge on any atom is 0.240 e. The average Bonchev–Trinajstić information content (AvgIpc) is 3.09. The molecule has 4 heteroatoms. The lowest BCUT2D eigenvalue weighted by atomic mass is 9.87. The van der Waals surface area contributed by atoms with Gasteiger partial charge in [-0.3, -0.25) is 4.79 Å². The zero-order chi connectivity index (χ0) is 16.3. The number of aliphatic hydroxyl groups excluding tert-OH is 1. The quantitative estimate of drug-likeness (QED) is 0.911. The van der Waals surface area contributed by atoms with Crippen LogP contribution in [0.2, 0.25) is 0 Å². The topological polar surface area (TPSA) is 73.1 Å². The van der Waals surface area contributed by atoms with Gasteiger partial charge in [-0.15, -0.1) is 0 Å². The molecule has 0 heterocycles. The second-order valence-corrected chi connectivity index (χ2v) is 6.23. The number of rotatable bonds is 4. The van der Waals surface area contributed by atoms with E-state index in [1.54, 1.807) is 0 Å². The maximum absolute atomic E-state index is 12.3. The molecule has 0 bridgehead atoms. The van der Waals surface area contributed by atoms with Crippen LogP contribution in [0.25, 0.3) is 10.8 Å². The molecule has 0 aromatic heterocycles. The van der Waals surface area contributed by atoms with Crippen LogP contribution in [-0.2, 0) is 4.79 Å². The van der Waals surface area contributed by atoms with Crippen molar-refractivity contribution in [2.75, 3.05) is 6.54 Å². The fourth-order valence-electron chi connectivity index (χ4n) is 3.26. The smallest absolute Gasteiger partial charge is 0.240 e. The third-order valence-corrected chi connectivity index (χ3v) is 4.72. The molecule has 2 aromatic rings. The van der Waals surface area contributed by atoms with E-state index in [1.165, 1.54) is 0 Å². The Labute approximate surface area is 135 Å². The third kappa shape index (κ3) is 3.06. The first-order chi connectivity index (χ1) is 11.1. The number of nitrogens with one attached hydrogen (secondary N) is 1. The lowest BCUT2D eigenvalue weighted by molar-refractivity contribution is -0.128. The van der Waals surface area contributed by atoms with Gasteiger partial charge in [0, 0.05) is 6.54 Å². The Morgan fingerprint density at radius 2 is 1.91 bits per heavy atom. The molecule has 118 valence electrons. The number of fused-ring (bicyclic) bond motifs is 1. The molecule has 1 atom stereocenters. The molecule has 23 heavy (non-hydrogen) atoms. The summed E-state index contributed by atoms with van der Waals surface area (Å²) in [7, 11) is 0. The zero-order valence-corrected chi connectivity index (χ0v) is 13.0. The minimum Gasteiger partial charge on any atom is -0.387 e. The summed E-state index contributed by atoms with van der Waals surface area (Å²) in [5.41, 5.74) is -0.134. The fraction of sp³-hybridized carbons (Fsp3) is 0.368. The number of amides is 1. The van der Waals surface area contributed by atoms with E-state index in [9.17, 15) is 15.2 Å². The van der Waals surface area contributed by atoms with E-state index in [4.69, 9.17) is 0 Å². The van der Waals surface area contributed by atoms with Gasteiger partial charge in [0.15, 0.2) is 0 Å². The van der Waals surface area contributed by atoms with Gasteiger partial charge in [0.25, 0.3) is 0 Å². The zero-order valence-electron chi connectivity index (χ0n) is 13.0. The third-order valence-electron chi connectivity index (χ3n) is 4.72. The molecule has 3 rings (SSSR count). The van der Waals surface area contributed by atoms with E-state index in [2.05, 4.69) is 11.4 Å². The molecule has 1 aliphatic rings. The fourth-order valence-corrected chi connectivity index (χ4v) is 3.26. The van der Waals surface area contributed by atoms with Crippen molar-refractivity contribution in [1.82, 2.24) is 5.32 Å². The molecule has 2 aromatic carbocycles. The summed E-state index contributed by atoms with van der Waals surface area (Å²) in [6.07, 6.45) is 2.27. The standard InChI is InChI=1S/C19H20N2O2/c20-13-19(9-3-4-10-19)18(23)21-12-17(22)16-8-7-14-5-1-2-6-15(14)11-16/h1-2,5-8,11,17,22H,3-4,9-10,12H2,(H,21,23)/t17-/m1/s1. The molecule has 0 radical (unpaired) electrons. The highest BCUT2D eigenvalue weighted by Gasteiger charge is 2.41. The van der Waals surface area contributed by atoms with E-state index >= 15 is 0 Å². The van der Waals surface area contributed by atoms with Gasteiger partial charge in [0.2, 0.25) is 5.91 Å². The summed E-state index contributed by atoms with van der Waals surface area (Å²) in [6, 6.07) is 15.9. The lowest BCUT2D eigenvalue weighted by Gasteiger charge is -2.21. The first-order valence-corrected chi connectivity index (χ1v) is 8.01. The van der Waals surface area contributed by atoms with Gasteiger partial charge < -0.3 is 10.4 Å². The Morgan fingerprint density at radius 3 is 2.61 bits per heavy atom. The van der Waals surface area contributed by atoms with E-state index in [-0.39, 0.29) is 12.5 Å². The highest BCUT2D eigenvalue weighted by atomic mass is 16.3. The summed E-state index contributed by atoms with van der Waals surface area (Å²) in [5, 5.41) is 24.6. The number of nitriles is 1. The van der Waals surface area contributed by atoms with Crippen LogP contribution in [0.3, 0.4) is 0 Å². The SMILES string of the molecule is N#CC1(C(=O)NC[C@@H](O)c2ccc3ccccc3c2)CCCC1. The van der Waals surface area contributed by atoms with Crippen molar-refractivity contribution in [3.8, 4) is 6.07 Å². The van der Waals surface area contributed by atoms with Crippen LogP contribution in [0.5, 0.6) is 0 Å². The number of benzene rings is 2. The minimum atomic E-state index is -0.900. The van der Waals surface area contributed by atoms with Gasteiger partial charge in [0.1, 0.15) is 5.41 Å². The van der Waals surface area contributed by atoms with Gasteiger partial charge in [-0.2, -0.15) is 5.26 Å². The summed E-state index contributed by atoms with van der Waals surface area (Å²) >= 11 is 0. The summed E-state index contributed by atoms with van der Waals surface area (Å²) in [6.45, 7) is 0.126. The Kier molecular flexibility index (Phi) is 4.31. The number of carbonyl (C=O) groups excluding carboxylic acids is 1. The number of hydrogen-bond donors (Lipinski definition) is 2. The van der Waals surface area contributed by atoms with Crippen LogP contribution in [0.4, 0.5) is 0 Å². The van der Waals surface area contributed by atoms with Gasteiger partial charge in [-0.25, -0.2) is 0 Å². The molecule has 2 N–H and O–H groups in total. The normalized spacial score (nSPS) is 17.6. The second kappa shape index (κ2) is 6.39. The van der Waals surface area contributed by atoms with Gasteiger partial charge in [-0.05, 0) is 35.2 Å². The average molecular weight is 308 g/mol. The Balaban J connectivity index is 1.67. The summed E-state index contributed by atoms with van der Waals surface area (Å²) < 4.78 is 0. The van der Waals surface area contributed by atoms with Crippen molar-refractivity contribution in [2.45, 2.75) is 31.8 Å². The van der Waals surface area contributed by atoms with E-state index in [1.807, 2.05) is 42.5 Å². The van der Waals surface area contributed by atoms with Crippen LogP contribution in [0.15, 0.2) is 42.5 Å². The second-order valence-electron chi connectivity index (χ2n) is 6.23. The predicted octanol–water partition coefficient (Wildman–Crippen LogP) is 3.07. The van der Waals surface area contributed by atoms with Gasteiger partial charge in [-0.1, -0.05) is 49.2 Å². The molecule has 1 saturated carbocycles. The molecule has 0 aliphatic heterocycles. The maximum atomic E-state index is 12.3. The van der Waals surface area contributed by atoms with E-state index < -0.39 is 11.5 Å². The first-order valence-electron chi connectivity index (χ1n) is 8.01. The van der Waals surface area contributed by atoms with Crippen molar-refractivity contribution in [2.24, 2.45) is 5.41 Å². The van der Waals surface area contributed by atoms with Crippen LogP contribution >= 0.6 is 0 Å². The summed E-state index contributed by atoms with van der Waals surface area (Å²) in [4.78, 5) is 12.3. The van der Waals surface area contributed by atoms with Crippen LogP contribution in [-0.4, -0.2) is 17.6 Å². The monoisotopic (exact) mass is 308 g/mol. The summed E-state index contributed by atoms with van der Waals surface area (Å²) in [5.74, 6) is -0.252. The van der Waals surface area contributed by atoms with Crippen LogP contribution in [0, 0.1) is 16.7 Å². The number of aliphatic hydroxyl groups is 1. The van der Waals surface area contributed by atoms with E-state index in [0.717, 1.165) is 29.2 Å². The Bertz CT molecular complexity index is 757. The molecule has 0 saturated heterocycles. The van der Waals surface area contributed by atoms with Crippen molar-refractivity contribution >= 4 is 16.7 Å².